The Bertz CT molecular complexity index is 993. The first kappa shape index (κ1) is 58.3. The van der Waals surface area contributed by atoms with Crippen LogP contribution in [0.15, 0.2) is 48.6 Å². The first-order valence-electron chi connectivity index (χ1n) is 26.0. The Morgan fingerprint density at radius 1 is 0.400 bits per heavy atom. The number of hydrogen-bond donors (Lipinski definition) is 5. The van der Waals surface area contributed by atoms with Gasteiger partial charge in [0.2, 0.25) is 5.91 Å². The van der Waals surface area contributed by atoms with Crippen molar-refractivity contribution in [3.63, 3.8) is 0 Å². The van der Waals surface area contributed by atoms with Crippen molar-refractivity contribution in [1.82, 2.24) is 5.32 Å². The maximum absolute atomic E-state index is 12.5. The van der Waals surface area contributed by atoms with Crippen molar-refractivity contribution in [2.45, 2.75) is 282 Å². The number of rotatable bonds is 47. The predicted molar refractivity (Wildman–Crippen MR) is 260 cm³/mol. The molecule has 1 amide bonds. The van der Waals surface area contributed by atoms with Crippen LogP contribution >= 0.6 is 0 Å². The van der Waals surface area contributed by atoms with Crippen LogP contribution in [0.1, 0.15) is 258 Å². The number of aliphatic hydroxyl groups is 4. The molecule has 4 atom stereocenters. The molecule has 60 heavy (non-hydrogen) atoms. The van der Waals surface area contributed by atoms with Crippen LogP contribution in [-0.2, 0) is 4.79 Å². The summed E-state index contributed by atoms with van der Waals surface area (Å²) in [4.78, 5) is 12.5. The molecule has 0 aliphatic heterocycles. The Morgan fingerprint density at radius 3 is 1.05 bits per heavy atom. The van der Waals surface area contributed by atoms with E-state index in [2.05, 4.69) is 67.8 Å². The van der Waals surface area contributed by atoms with Crippen LogP contribution in [0.25, 0.3) is 0 Å². The minimum Gasteiger partial charge on any atom is -0.394 e. The first-order chi connectivity index (χ1) is 29.5. The summed E-state index contributed by atoms with van der Waals surface area (Å²) in [6, 6.07) is -1.02. The predicted octanol–water partition coefficient (Wildman–Crippen LogP) is 14.6. The molecule has 4 unspecified atom stereocenters. The summed E-state index contributed by atoms with van der Waals surface area (Å²) < 4.78 is 0. The summed E-state index contributed by atoms with van der Waals surface area (Å²) >= 11 is 0. The van der Waals surface area contributed by atoms with Gasteiger partial charge in [0, 0.05) is 0 Å². The van der Waals surface area contributed by atoms with Crippen LogP contribution < -0.4 is 5.32 Å². The largest absolute Gasteiger partial charge is 0.394 e. The Morgan fingerprint density at radius 2 is 0.700 bits per heavy atom. The number of unbranched alkanes of at least 4 members (excludes halogenated alkanes) is 30. The van der Waals surface area contributed by atoms with E-state index in [0.717, 1.165) is 64.2 Å². The van der Waals surface area contributed by atoms with Gasteiger partial charge in [0.05, 0.1) is 18.8 Å². The van der Waals surface area contributed by atoms with Gasteiger partial charge in [-0.3, -0.25) is 4.79 Å². The lowest BCUT2D eigenvalue weighted by Gasteiger charge is -2.27. The van der Waals surface area contributed by atoms with Crippen molar-refractivity contribution in [2.75, 3.05) is 6.61 Å². The Labute approximate surface area is 372 Å². The van der Waals surface area contributed by atoms with E-state index in [1.807, 2.05) is 0 Å². The second-order valence-electron chi connectivity index (χ2n) is 17.8. The highest BCUT2D eigenvalue weighted by Crippen LogP contribution is 2.16. The van der Waals surface area contributed by atoms with Gasteiger partial charge in [0.25, 0.3) is 0 Å². The number of hydrogen-bond acceptors (Lipinski definition) is 5. The molecule has 0 bridgehead atoms. The molecule has 0 heterocycles. The molecule has 0 radical (unpaired) electrons. The number of aliphatic hydroxyl groups excluding tert-OH is 4. The molecule has 0 aromatic rings. The molecule has 6 nitrogen and oxygen atoms in total. The molecule has 0 fully saturated rings. The molecule has 0 saturated carbocycles. The zero-order valence-electron chi connectivity index (χ0n) is 39.7. The maximum Gasteiger partial charge on any atom is 0.249 e. The SMILES string of the molecule is CCCCCCCCC/C=C\CCCCCCC(O)C(=O)NC(CO)C(O)C(O)CCC/C=C/CC/C=C/CC/C=C/CCCCCCCCCCCCCCCCCC. The van der Waals surface area contributed by atoms with Crippen LogP contribution in [0.2, 0.25) is 0 Å². The molecule has 0 aliphatic carbocycles. The summed E-state index contributed by atoms with van der Waals surface area (Å²) in [6.07, 6.45) is 60.3. The van der Waals surface area contributed by atoms with Crippen LogP contribution in [0.5, 0.6) is 0 Å². The molecule has 352 valence electrons. The molecule has 0 saturated heterocycles. The van der Waals surface area contributed by atoms with Crippen LogP contribution in [0.3, 0.4) is 0 Å². The number of carbonyl (C=O) groups excluding carboxylic acids is 1. The topological polar surface area (TPSA) is 110 Å². The van der Waals surface area contributed by atoms with E-state index in [4.69, 9.17) is 0 Å². The third kappa shape index (κ3) is 41.6. The molecule has 0 rings (SSSR count). The summed E-state index contributed by atoms with van der Waals surface area (Å²) in [6.45, 7) is 4.04. The third-order valence-corrected chi connectivity index (χ3v) is 12.0. The average molecular weight is 844 g/mol. The highest BCUT2D eigenvalue weighted by atomic mass is 16.3. The highest BCUT2D eigenvalue weighted by Gasteiger charge is 2.28. The van der Waals surface area contributed by atoms with Crippen molar-refractivity contribution in [1.29, 1.82) is 0 Å². The van der Waals surface area contributed by atoms with Crippen molar-refractivity contribution in [2.24, 2.45) is 0 Å². The fraction of sp³-hybridized carbons (Fsp3) is 0.833. The Balaban J connectivity index is 3.74. The molecule has 6 heteroatoms. The van der Waals surface area contributed by atoms with Gasteiger partial charge < -0.3 is 25.7 Å². The standard InChI is InChI=1S/C54H101NO5/c1-3-5-7-9-11-13-15-17-19-20-21-22-23-24-25-26-27-28-29-30-31-32-34-35-37-39-41-43-45-47-51(57)53(59)50(49-56)55-54(60)52(58)48-46-44-42-40-38-36-33-18-16-14-12-10-8-6-4-2/h28-29,32-34,36,39,41,50-53,56-59H,3-27,30-31,35,37-38,40,42-49H2,1-2H3,(H,55,60)/b29-28+,34-32+,36-33-,41-39+. The second-order valence-corrected chi connectivity index (χ2v) is 17.8. The monoisotopic (exact) mass is 844 g/mol. The fourth-order valence-corrected chi connectivity index (χ4v) is 7.84. The summed E-state index contributed by atoms with van der Waals surface area (Å²) in [7, 11) is 0. The van der Waals surface area contributed by atoms with Gasteiger partial charge in [0.15, 0.2) is 0 Å². The zero-order chi connectivity index (χ0) is 43.8. The van der Waals surface area contributed by atoms with Crippen LogP contribution in [-0.4, -0.2) is 57.3 Å². The van der Waals surface area contributed by atoms with Crippen LogP contribution in [0, 0.1) is 0 Å². The van der Waals surface area contributed by atoms with Gasteiger partial charge in [-0.25, -0.2) is 0 Å². The fourth-order valence-electron chi connectivity index (χ4n) is 7.84. The normalized spacial score (nSPS) is 14.3. The van der Waals surface area contributed by atoms with E-state index in [1.165, 1.54) is 161 Å². The number of nitrogens with one attached hydrogen (secondary N) is 1. The number of amides is 1. The van der Waals surface area contributed by atoms with Crippen molar-refractivity contribution < 1.29 is 25.2 Å². The summed E-state index contributed by atoms with van der Waals surface area (Å²) in [5.41, 5.74) is 0. The maximum atomic E-state index is 12.5. The third-order valence-electron chi connectivity index (χ3n) is 12.0. The van der Waals surface area contributed by atoms with E-state index >= 15 is 0 Å². The molecule has 0 spiro atoms. The highest BCUT2D eigenvalue weighted by molar-refractivity contribution is 5.80. The van der Waals surface area contributed by atoms with Gasteiger partial charge in [0.1, 0.15) is 12.2 Å². The van der Waals surface area contributed by atoms with E-state index < -0.39 is 36.9 Å². The molecular formula is C54H101NO5. The van der Waals surface area contributed by atoms with E-state index in [-0.39, 0.29) is 0 Å². The van der Waals surface area contributed by atoms with Gasteiger partial charge in [-0.1, -0.05) is 217 Å². The number of carbonyl (C=O) groups is 1. The molecule has 0 aromatic heterocycles. The van der Waals surface area contributed by atoms with Crippen molar-refractivity contribution in [3.05, 3.63) is 48.6 Å². The molecule has 5 N–H and O–H groups in total. The quantitative estimate of drug-likeness (QED) is 0.0310. The zero-order valence-corrected chi connectivity index (χ0v) is 39.7. The van der Waals surface area contributed by atoms with Gasteiger partial charge in [-0.05, 0) is 89.9 Å². The molecule has 0 aliphatic rings. The summed E-state index contributed by atoms with van der Waals surface area (Å²) in [5.74, 6) is -0.609. The summed E-state index contributed by atoms with van der Waals surface area (Å²) in [5, 5.41) is 43.8. The van der Waals surface area contributed by atoms with Crippen LogP contribution in [0.4, 0.5) is 0 Å². The van der Waals surface area contributed by atoms with Crippen molar-refractivity contribution >= 4 is 5.91 Å². The van der Waals surface area contributed by atoms with Gasteiger partial charge in [-0.2, -0.15) is 0 Å². The second kappa shape index (κ2) is 48.3. The smallest absolute Gasteiger partial charge is 0.249 e. The molecular weight excluding hydrogens is 743 g/mol. The lowest BCUT2D eigenvalue weighted by atomic mass is 10.00. The minimum atomic E-state index is -1.30. The lowest BCUT2D eigenvalue weighted by Crippen LogP contribution is -2.53. The van der Waals surface area contributed by atoms with Gasteiger partial charge >= 0.3 is 0 Å². The van der Waals surface area contributed by atoms with E-state index in [0.29, 0.717) is 19.3 Å². The average Bonchev–Trinajstić information content (AvgIpc) is 3.25. The Hall–Kier alpha value is -1.73. The van der Waals surface area contributed by atoms with E-state index in [9.17, 15) is 25.2 Å². The van der Waals surface area contributed by atoms with Gasteiger partial charge in [-0.15, -0.1) is 0 Å². The van der Waals surface area contributed by atoms with Crippen molar-refractivity contribution in [3.8, 4) is 0 Å². The number of allylic oxidation sites excluding steroid dienone is 8. The first-order valence-corrected chi connectivity index (χ1v) is 26.0. The lowest BCUT2D eigenvalue weighted by molar-refractivity contribution is -0.132. The minimum absolute atomic E-state index is 0.343. The van der Waals surface area contributed by atoms with E-state index in [1.54, 1.807) is 0 Å². The molecule has 0 aromatic carbocycles. The Kier molecular flexibility index (Phi) is 46.9.